The Morgan fingerprint density at radius 2 is 2.36 bits per heavy atom. The van der Waals surface area contributed by atoms with Crippen LogP contribution in [-0.4, -0.2) is 43.4 Å². The summed E-state index contributed by atoms with van der Waals surface area (Å²) in [4.78, 5) is 12.8. The third-order valence-electron chi connectivity index (χ3n) is 2.58. The van der Waals surface area contributed by atoms with Crippen molar-refractivity contribution in [2.45, 2.75) is 19.8 Å². The second kappa shape index (κ2) is 5.24. The van der Waals surface area contributed by atoms with Crippen molar-refractivity contribution >= 4 is 5.91 Å². The van der Waals surface area contributed by atoms with E-state index in [0.717, 1.165) is 26.1 Å². The van der Waals surface area contributed by atoms with E-state index in [1.165, 1.54) is 0 Å². The first-order chi connectivity index (χ1) is 6.63. The number of hydrogen-bond donors (Lipinski definition) is 1. The second-order valence-electron chi connectivity index (χ2n) is 3.59. The average molecular weight is 206 g/mol. The first-order valence-electron chi connectivity index (χ1n) is 4.91. The lowest BCUT2D eigenvalue weighted by Gasteiger charge is -2.13. The summed E-state index contributed by atoms with van der Waals surface area (Å²) < 4.78 is 23.6. The van der Waals surface area contributed by atoms with Gasteiger partial charge < -0.3 is 10.2 Å². The summed E-state index contributed by atoms with van der Waals surface area (Å²) in [5, 5.41) is 2.25. The Hall–Kier alpha value is -0.710. The molecule has 1 rings (SSSR count). The Labute approximate surface area is 82.5 Å². The molecule has 0 spiro atoms. The lowest BCUT2D eigenvalue weighted by Crippen LogP contribution is -2.34. The van der Waals surface area contributed by atoms with E-state index >= 15 is 0 Å². The van der Waals surface area contributed by atoms with Crippen LogP contribution in [0.15, 0.2) is 0 Å². The number of nitrogens with one attached hydrogen (secondary N) is 1. The van der Waals surface area contributed by atoms with Crippen LogP contribution < -0.4 is 5.32 Å². The van der Waals surface area contributed by atoms with Crippen molar-refractivity contribution in [3.8, 4) is 0 Å². The molecule has 1 fully saturated rings. The molecule has 1 heterocycles. The van der Waals surface area contributed by atoms with Gasteiger partial charge in [-0.3, -0.25) is 4.79 Å². The zero-order chi connectivity index (χ0) is 10.6. The van der Waals surface area contributed by atoms with Gasteiger partial charge in [-0.05, 0) is 25.4 Å². The van der Waals surface area contributed by atoms with Crippen LogP contribution in [0, 0.1) is 5.92 Å². The summed E-state index contributed by atoms with van der Waals surface area (Å²) in [6, 6.07) is 0. The summed E-state index contributed by atoms with van der Waals surface area (Å²) in [5.41, 5.74) is 0. The molecule has 0 bridgehead atoms. The number of halogens is 2. The standard InChI is InChI=1S/C9H16F2N2O/c1-2-13-4-3-7(6-13)5-12-9(14)8(10)11/h7-8H,2-6H2,1H3,(H,12,14). The maximum atomic E-state index is 11.8. The van der Waals surface area contributed by atoms with Crippen molar-refractivity contribution in [2.24, 2.45) is 5.92 Å². The molecular formula is C9H16F2N2O. The van der Waals surface area contributed by atoms with Gasteiger partial charge in [-0.2, -0.15) is 8.78 Å². The smallest absolute Gasteiger partial charge is 0.315 e. The molecule has 1 unspecified atom stereocenters. The molecule has 1 N–H and O–H groups in total. The fourth-order valence-corrected chi connectivity index (χ4v) is 1.69. The van der Waals surface area contributed by atoms with E-state index in [9.17, 15) is 13.6 Å². The lowest BCUT2D eigenvalue weighted by molar-refractivity contribution is -0.131. The fraction of sp³-hybridized carbons (Fsp3) is 0.889. The third-order valence-corrected chi connectivity index (χ3v) is 2.58. The number of nitrogens with zero attached hydrogens (tertiary/aromatic N) is 1. The Bertz CT molecular complexity index is 199. The average Bonchev–Trinajstić information content (AvgIpc) is 2.61. The zero-order valence-electron chi connectivity index (χ0n) is 8.30. The minimum Gasteiger partial charge on any atom is -0.351 e. The molecule has 3 nitrogen and oxygen atoms in total. The summed E-state index contributed by atoms with van der Waals surface area (Å²) in [6.45, 7) is 5.34. The molecule has 14 heavy (non-hydrogen) atoms. The van der Waals surface area contributed by atoms with Crippen molar-refractivity contribution < 1.29 is 13.6 Å². The van der Waals surface area contributed by atoms with E-state index < -0.39 is 12.3 Å². The molecule has 1 amide bonds. The van der Waals surface area contributed by atoms with Crippen molar-refractivity contribution in [3.05, 3.63) is 0 Å². The van der Waals surface area contributed by atoms with Crippen molar-refractivity contribution in [1.82, 2.24) is 10.2 Å². The topological polar surface area (TPSA) is 32.3 Å². The Morgan fingerprint density at radius 3 is 2.86 bits per heavy atom. The molecule has 82 valence electrons. The van der Waals surface area contributed by atoms with Gasteiger partial charge in [0, 0.05) is 13.1 Å². The highest BCUT2D eigenvalue weighted by Crippen LogP contribution is 2.14. The number of rotatable bonds is 4. The predicted molar refractivity (Wildman–Crippen MR) is 49.2 cm³/mol. The fourth-order valence-electron chi connectivity index (χ4n) is 1.69. The summed E-state index contributed by atoms with van der Waals surface area (Å²) in [7, 11) is 0. The second-order valence-corrected chi connectivity index (χ2v) is 3.59. The number of carbonyl (C=O) groups is 1. The zero-order valence-corrected chi connectivity index (χ0v) is 8.30. The number of carbonyl (C=O) groups excluding carboxylic acids is 1. The predicted octanol–water partition coefficient (Wildman–Crippen LogP) is 0.709. The summed E-state index contributed by atoms with van der Waals surface area (Å²) in [5.74, 6) is -0.822. The number of likely N-dealkylation sites (tertiary alicyclic amines) is 1. The van der Waals surface area contributed by atoms with E-state index in [1.54, 1.807) is 0 Å². The van der Waals surface area contributed by atoms with Crippen LogP contribution in [0.5, 0.6) is 0 Å². The van der Waals surface area contributed by atoms with E-state index in [0.29, 0.717) is 12.5 Å². The molecule has 5 heteroatoms. The SMILES string of the molecule is CCN1CCC(CNC(=O)C(F)F)C1. The van der Waals surface area contributed by atoms with Crippen LogP contribution >= 0.6 is 0 Å². The van der Waals surface area contributed by atoms with Gasteiger partial charge in [-0.25, -0.2) is 0 Å². The van der Waals surface area contributed by atoms with Crippen LogP contribution in [0.4, 0.5) is 8.78 Å². The molecule has 0 aliphatic carbocycles. The number of alkyl halides is 2. The largest absolute Gasteiger partial charge is 0.351 e. The third kappa shape index (κ3) is 3.21. The molecule has 0 aromatic rings. The highest BCUT2D eigenvalue weighted by molar-refractivity contribution is 5.79. The molecule has 0 aromatic carbocycles. The van der Waals surface area contributed by atoms with Crippen LogP contribution in [0.2, 0.25) is 0 Å². The maximum absolute atomic E-state index is 11.8. The maximum Gasteiger partial charge on any atom is 0.315 e. The van der Waals surface area contributed by atoms with Gasteiger partial charge in [0.1, 0.15) is 0 Å². The molecule has 0 saturated carbocycles. The molecule has 1 atom stereocenters. The quantitative estimate of drug-likeness (QED) is 0.734. The van der Waals surface area contributed by atoms with Gasteiger partial charge >= 0.3 is 6.43 Å². The Morgan fingerprint density at radius 1 is 1.64 bits per heavy atom. The molecule has 0 radical (unpaired) electrons. The number of hydrogen-bond acceptors (Lipinski definition) is 2. The van der Waals surface area contributed by atoms with E-state index in [1.807, 2.05) is 0 Å². The van der Waals surface area contributed by atoms with Gasteiger partial charge in [0.05, 0.1) is 0 Å². The lowest BCUT2D eigenvalue weighted by atomic mass is 10.1. The molecular weight excluding hydrogens is 190 g/mol. The van der Waals surface area contributed by atoms with Gasteiger partial charge in [-0.1, -0.05) is 6.92 Å². The van der Waals surface area contributed by atoms with Crippen LogP contribution in [0.25, 0.3) is 0 Å². The Kier molecular flexibility index (Phi) is 4.25. The van der Waals surface area contributed by atoms with Gasteiger partial charge in [0.2, 0.25) is 0 Å². The van der Waals surface area contributed by atoms with Crippen LogP contribution in [0.3, 0.4) is 0 Å². The van der Waals surface area contributed by atoms with E-state index in [-0.39, 0.29) is 0 Å². The van der Waals surface area contributed by atoms with Crippen molar-refractivity contribution in [2.75, 3.05) is 26.2 Å². The number of amides is 1. The molecule has 1 saturated heterocycles. The minimum absolute atomic E-state index is 0.331. The van der Waals surface area contributed by atoms with Gasteiger partial charge in [-0.15, -0.1) is 0 Å². The van der Waals surface area contributed by atoms with Crippen LogP contribution in [0.1, 0.15) is 13.3 Å². The first-order valence-corrected chi connectivity index (χ1v) is 4.91. The first kappa shape index (κ1) is 11.4. The molecule has 1 aliphatic heterocycles. The van der Waals surface area contributed by atoms with Gasteiger partial charge in [0.25, 0.3) is 5.91 Å². The van der Waals surface area contributed by atoms with Gasteiger partial charge in [0.15, 0.2) is 0 Å². The summed E-state index contributed by atoms with van der Waals surface area (Å²) >= 11 is 0. The highest BCUT2D eigenvalue weighted by atomic mass is 19.3. The molecule has 1 aliphatic rings. The van der Waals surface area contributed by atoms with Crippen LogP contribution in [-0.2, 0) is 4.79 Å². The minimum atomic E-state index is -2.89. The monoisotopic (exact) mass is 206 g/mol. The van der Waals surface area contributed by atoms with E-state index in [2.05, 4.69) is 17.1 Å². The normalized spacial score (nSPS) is 23.0. The van der Waals surface area contributed by atoms with Crippen molar-refractivity contribution in [3.63, 3.8) is 0 Å². The Balaban J connectivity index is 2.17. The van der Waals surface area contributed by atoms with E-state index in [4.69, 9.17) is 0 Å². The van der Waals surface area contributed by atoms with Crippen molar-refractivity contribution in [1.29, 1.82) is 0 Å². The molecule has 0 aromatic heterocycles. The summed E-state index contributed by atoms with van der Waals surface area (Å²) in [6.07, 6.45) is -1.91. The highest BCUT2D eigenvalue weighted by Gasteiger charge is 2.23.